The van der Waals surface area contributed by atoms with Gasteiger partial charge in [-0.1, -0.05) is 214 Å². The molecule has 0 saturated carbocycles. The fourth-order valence-electron chi connectivity index (χ4n) is 8.35. The van der Waals surface area contributed by atoms with Crippen molar-refractivity contribution in [1.29, 1.82) is 0 Å². The predicted molar refractivity (Wildman–Crippen MR) is 303 cm³/mol. The maximum atomic E-state index is 13.0. The molecule has 0 aromatic rings. The van der Waals surface area contributed by atoms with Crippen molar-refractivity contribution in [1.82, 2.24) is 0 Å². The topological polar surface area (TPSA) is 178 Å². The molecule has 0 bridgehead atoms. The molecule has 0 radical (unpaired) electrons. The molecule has 0 aromatic heterocycles. The molecule has 1 aliphatic rings. The van der Waals surface area contributed by atoms with E-state index >= 15 is 0 Å². The number of hydrogen-bond acceptors (Lipinski definition) is 11. The first-order valence-corrected chi connectivity index (χ1v) is 30.4. The third-order valence-electron chi connectivity index (χ3n) is 12.7. The summed E-state index contributed by atoms with van der Waals surface area (Å²) in [5.74, 6) is -0.415. The van der Waals surface area contributed by atoms with Crippen LogP contribution in [0.1, 0.15) is 219 Å². The van der Waals surface area contributed by atoms with Gasteiger partial charge in [-0.05, 0) is 96.3 Å². The average molecular weight is 1060 g/mol. The molecule has 1 heterocycles. The lowest BCUT2D eigenvalue weighted by Crippen LogP contribution is -2.60. The molecule has 1 rings (SSSR count). The number of aliphatic hydroxyl groups is 3. The molecule has 74 heavy (non-hydrogen) atoms. The molecule has 1 aliphatic heterocycles. The molecule has 0 spiro atoms. The number of rotatable bonds is 50. The molecular formula is C61H104O12S. The summed E-state index contributed by atoms with van der Waals surface area (Å²) >= 11 is 0. The molecule has 0 aromatic carbocycles. The number of ether oxygens (including phenoxy) is 4. The molecule has 13 heteroatoms. The van der Waals surface area contributed by atoms with Crippen molar-refractivity contribution in [3.8, 4) is 0 Å². The number of hydrogen-bond donors (Lipinski definition) is 4. The van der Waals surface area contributed by atoms with E-state index in [4.69, 9.17) is 18.9 Å². The van der Waals surface area contributed by atoms with Gasteiger partial charge in [-0.3, -0.25) is 9.35 Å². The van der Waals surface area contributed by atoms with E-state index in [2.05, 4.69) is 115 Å². The zero-order valence-corrected chi connectivity index (χ0v) is 46.9. The van der Waals surface area contributed by atoms with Crippen LogP contribution in [0, 0.1) is 0 Å². The summed E-state index contributed by atoms with van der Waals surface area (Å²) in [6, 6.07) is 0. The van der Waals surface area contributed by atoms with Gasteiger partial charge >= 0.3 is 16.4 Å². The van der Waals surface area contributed by atoms with E-state index in [1.807, 2.05) is 0 Å². The number of unbranched alkanes of at least 4 members (excludes halogenated alkanes) is 21. The van der Waals surface area contributed by atoms with E-state index in [1.165, 1.54) is 83.5 Å². The van der Waals surface area contributed by atoms with Crippen molar-refractivity contribution >= 4 is 16.4 Å². The van der Waals surface area contributed by atoms with Crippen LogP contribution >= 0.6 is 0 Å². The van der Waals surface area contributed by atoms with Crippen LogP contribution in [0.3, 0.4) is 0 Å². The standard InChI is InChI=1S/C61H104O12S/c1-3-5-7-9-11-13-15-17-19-21-23-25-26-27-28-29-31-33-35-37-39-41-43-45-47-49-51-69-53-55(54-70-61-59(65)60(73-74(66,67)68)58(64)56(52-62)72-61)71-57(63)50-48-46-44-42-40-38-36-34-32-30-24-22-20-18-16-14-12-10-8-6-4-2/h5,7,11,13,16-19,22-25,27-28,32,34,55-56,58-62,64-65H,3-4,6,8-10,12,14-15,20-21,26,29-31,33,35-54H2,1-2H3,(H,66,67,68)/b7-5-,13-11-,18-16-,19-17-,24-22-,25-23-,28-27-,34-32-. The number of aliphatic hydroxyl groups excluding tert-OH is 3. The smallest absolute Gasteiger partial charge is 0.397 e. The SMILES string of the molecule is CC/C=C\C/C=C\C/C=C\C/C=C\C/C=C\CCCCCCCCCCCCOCC(COC1OC(CO)C(O)C(OS(=O)(=O)O)C1O)OC(=O)CCCCCCCC/C=C\C/C=C\C/C=C\CCCCCCC. The van der Waals surface area contributed by atoms with Gasteiger partial charge in [-0.25, -0.2) is 4.18 Å². The Morgan fingerprint density at radius 3 is 1.36 bits per heavy atom. The molecule has 0 aliphatic carbocycles. The fourth-order valence-corrected chi connectivity index (χ4v) is 8.86. The summed E-state index contributed by atoms with van der Waals surface area (Å²) in [5, 5.41) is 30.9. The first kappa shape index (κ1) is 69.0. The first-order valence-electron chi connectivity index (χ1n) is 29.0. The minimum Gasteiger partial charge on any atom is -0.457 e. The van der Waals surface area contributed by atoms with Crippen molar-refractivity contribution in [2.45, 2.75) is 256 Å². The van der Waals surface area contributed by atoms with E-state index in [1.54, 1.807) is 0 Å². The van der Waals surface area contributed by atoms with Crippen molar-refractivity contribution in [2.75, 3.05) is 26.4 Å². The summed E-state index contributed by atoms with van der Waals surface area (Å²) in [4.78, 5) is 13.0. The maximum absolute atomic E-state index is 13.0. The molecule has 1 saturated heterocycles. The highest BCUT2D eigenvalue weighted by Gasteiger charge is 2.48. The van der Waals surface area contributed by atoms with Crippen molar-refractivity contribution in [3.63, 3.8) is 0 Å². The van der Waals surface area contributed by atoms with Crippen LogP contribution in [0.25, 0.3) is 0 Å². The van der Waals surface area contributed by atoms with Gasteiger partial charge in [-0.15, -0.1) is 0 Å². The van der Waals surface area contributed by atoms with Crippen LogP contribution in [-0.2, 0) is 38.3 Å². The molecule has 6 atom stereocenters. The van der Waals surface area contributed by atoms with Crippen molar-refractivity contribution < 1.29 is 56.2 Å². The second kappa shape index (κ2) is 50.8. The normalized spacial score (nSPS) is 19.5. The lowest BCUT2D eigenvalue weighted by molar-refractivity contribution is -0.301. The molecule has 12 nitrogen and oxygen atoms in total. The zero-order valence-electron chi connectivity index (χ0n) is 46.1. The highest BCUT2D eigenvalue weighted by molar-refractivity contribution is 7.80. The molecular weight excluding hydrogens is 957 g/mol. The monoisotopic (exact) mass is 1060 g/mol. The number of esters is 1. The Morgan fingerprint density at radius 2 is 0.932 bits per heavy atom. The fraction of sp³-hybridized carbons (Fsp3) is 0.721. The summed E-state index contributed by atoms with van der Waals surface area (Å²) in [6.45, 7) is 3.85. The third-order valence-corrected chi connectivity index (χ3v) is 13.2. The van der Waals surface area contributed by atoms with Crippen LogP contribution < -0.4 is 0 Å². The first-order chi connectivity index (χ1) is 36.1. The van der Waals surface area contributed by atoms with E-state index < -0.39 is 59.8 Å². The average Bonchev–Trinajstić information content (AvgIpc) is 3.38. The third kappa shape index (κ3) is 43.2. The summed E-state index contributed by atoms with van der Waals surface area (Å²) in [7, 11) is -5.08. The second-order valence-electron chi connectivity index (χ2n) is 19.5. The van der Waals surface area contributed by atoms with Gasteiger partial charge in [0, 0.05) is 13.0 Å². The Balaban J connectivity index is 2.32. The molecule has 4 N–H and O–H groups in total. The van der Waals surface area contributed by atoms with E-state index in [0.717, 1.165) is 109 Å². The Hall–Kier alpha value is -2.98. The van der Waals surface area contributed by atoms with Gasteiger partial charge in [0.25, 0.3) is 0 Å². The van der Waals surface area contributed by atoms with Gasteiger partial charge in [-0.2, -0.15) is 8.42 Å². The van der Waals surface area contributed by atoms with Crippen LogP contribution in [0.2, 0.25) is 0 Å². The molecule has 6 unspecified atom stereocenters. The van der Waals surface area contributed by atoms with Gasteiger partial charge in [0.15, 0.2) is 6.29 Å². The van der Waals surface area contributed by atoms with Crippen LogP contribution in [0.5, 0.6) is 0 Å². The molecule has 1 fully saturated rings. The van der Waals surface area contributed by atoms with Crippen LogP contribution in [0.15, 0.2) is 97.2 Å². The minimum absolute atomic E-state index is 0.0218. The maximum Gasteiger partial charge on any atom is 0.397 e. The number of carbonyl (C=O) groups excluding carboxylic acids is 1. The minimum atomic E-state index is -5.08. The zero-order chi connectivity index (χ0) is 53.8. The summed E-state index contributed by atoms with van der Waals surface area (Å²) < 4.78 is 59.4. The van der Waals surface area contributed by atoms with Crippen LogP contribution in [0.4, 0.5) is 0 Å². The Bertz CT molecular complexity index is 1650. The lowest BCUT2D eigenvalue weighted by atomic mass is 9.99. The number of allylic oxidation sites excluding steroid dienone is 16. The highest BCUT2D eigenvalue weighted by Crippen LogP contribution is 2.26. The largest absolute Gasteiger partial charge is 0.457 e. The Labute approximate surface area is 450 Å². The predicted octanol–water partition coefficient (Wildman–Crippen LogP) is 14.5. The van der Waals surface area contributed by atoms with Gasteiger partial charge in [0.2, 0.25) is 0 Å². The van der Waals surface area contributed by atoms with Crippen LogP contribution in [-0.4, -0.2) is 97.5 Å². The molecule has 0 amide bonds. The second-order valence-corrected chi connectivity index (χ2v) is 20.5. The van der Waals surface area contributed by atoms with E-state index in [0.29, 0.717) is 13.0 Å². The molecule has 426 valence electrons. The van der Waals surface area contributed by atoms with Gasteiger partial charge < -0.3 is 34.3 Å². The van der Waals surface area contributed by atoms with Gasteiger partial charge in [0.1, 0.15) is 30.5 Å². The summed E-state index contributed by atoms with van der Waals surface area (Å²) in [5.41, 5.74) is 0. The van der Waals surface area contributed by atoms with E-state index in [-0.39, 0.29) is 19.6 Å². The lowest BCUT2D eigenvalue weighted by Gasteiger charge is -2.41. The highest BCUT2D eigenvalue weighted by atomic mass is 32.3. The Morgan fingerprint density at radius 1 is 0.527 bits per heavy atom. The van der Waals surface area contributed by atoms with Gasteiger partial charge in [0.05, 0.1) is 19.8 Å². The van der Waals surface area contributed by atoms with Crippen molar-refractivity contribution in [2.24, 2.45) is 0 Å². The quantitative estimate of drug-likeness (QED) is 0.0196. The van der Waals surface area contributed by atoms with Crippen molar-refractivity contribution in [3.05, 3.63) is 97.2 Å². The number of carbonyl (C=O) groups is 1. The Kier molecular flexibility index (Phi) is 47.4. The summed E-state index contributed by atoms with van der Waals surface area (Å²) in [6.07, 6.45) is 61.5. The van der Waals surface area contributed by atoms with E-state index in [9.17, 15) is 33.1 Å².